The molecule has 0 unspecified atom stereocenters. The lowest BCUT2D eigenvalue weighted by Crippen LogP contribution is -2.22. The molecule has 0 aromatic carbocycles. The quantitative estimate of drug-likeness (QED) is 0.662. The highest BCUT2D eigenvalue weighted by Gasteiger charge is 2.20. The van der Waals surface area contributed by atoms with Crippen molar-refractivity contribution < 1.29 is 8.78 Å². The van der Waals surface area contributed by atoms with E-state index in [4.69, 9.17) is 0 Å². The number of halogens is 2. The summed E-state index contributed by atoms with van der Waals surface area (Å²) in [5.74, 6) is 0. The van der Waals surface area contributed by atoms with Crippen molar-refractivity contribution in [3.63, 3.8) is 0 Å². The SMILES string of the molecule is Cc1nn(C(C)(C)C)cc1C(F)F. The summed E-state index contributed by atoms with van der Waals surface area (Å²) in [5, 5.41) is 4.04. The molecule has 13 heavy (non-hydrogen) atoms. The predicted molar refractivity (Wildman–Crippen MR) is 46.9 cm³/mol. The van der Waals surface area contributed by atoms with Crippen LogP contribution < -0.4 is 0 Å². The number of nitrogens with zero attached hydrogens (tertiary/aromatic N) is 2. The highest BCUT2D eigenvalue weighted by atomic mass is 19.3. The normalized spacial score (nSPS) is 12.5. The molecule has 0 spiro atoms. The van der Waals surface area contributed by atoms with Gasteiger partial charge in [-0.2, -0.15) is 5.10 Å². The fraction of sp³-hybridized carbons (Fsp3) is 0.667. The Labute approximate surface area is 76.6 Å². The summed E-state index contributed by atoms with van der Waals surface area (Å²) >= 11 is 0. The van der Waals surface area contributed by atoms with Crippen LogP contribution in [0.5, 0.6) is 0 Å². The van der Waals surface area contributed by atoms with E-state index in [2.05, 4.69) is 5.10 Å². The van der Waals surface area contributed by atoms with E-state index in [1.807, 2.05) is 20.8 Å². The van der Waals surface area contributed by atoms with E-state index in [0.29, 0.717) is 5.69 Å². The lowest BCUT2D eigenvalue weighted by atomic mass is 10.1. The molecular weight excluding hydrogens is 174 g/mol. The van der Waals surface area contributed by atoms with Crippen molar-refractivity contribution >= 4 is 0 Å². The van der Waals surface area contributed by atoms with Gasteiger partial charge in [-0.3, -0.25) is 4.68 Å². The molecule has 1 heterocycles. The maximum absolute atomic E-state index is 12.4. The molecule has 0 N–H and O–H groups in total. The van der Waals surface area contributed by atoms with Crippen LogP contribution in [0.3, 0.4) is 0 Å². The van der Waals surface area contributed by atoms with Crippen molar-refractivity contribution in [1.82, 2.24) is 9.78 Å². The summed E-state index contributed by atoms with van der Waals surface area (Å²) in [6.07, 6.45) is -1.02. The van der Waals surface area contributed by atoms with E-state index >= 15 is 0 Å². The van der Waals surface area contributed by atoms with Crippen LogP contribution in [0.15, 0.2) is 6.20 Å². The van der Waals surface area contributed by atoms with Gasteiger partial charge >= 0.3 is 0 Å². The Morgan fingerprint density at radius 1 is 1.38 bits per heavy atom. The molecule has 2 nitrogen and oxygen atoms in total. The topological polar surface area (TPSA) is 17.8 Å². The second-order valence-corrected chi connectivity index (χ2v) is 4.09. The Morgan fingerprint density at radius 2 is 1.92 bits per heavy atom. The predicted octanol–water partition coefficient (Wildman–Crippen LogP) is 2.88. The lowest BCUT2D eigenvalue weighted by molar-refractivity contribution is 0.150. The van der Waals surface area contributed by atoms with E-state index in [1.54, 1.807) is 11.6 Å². The Balaban J connectivity index is 3.10. The number of hydrogen-bond acceptors (Lipinski definition) is 1. The molecule has 0 aliphatic heterocycles. The molecule has 0 saturated heterocycles. The van der Waals surface area contributed by atoms with Gasteiger partial charge in [-0.15, -0.1) is 0 Å². The third-order valence-corrected chi connectivity index (χ3v) is 1.86. The maximum Gasteiger partial charge on any atom is 0.267 e. The van der Waals surface area contributed by atoms with Crippen LogP contribution in [0.2, 0.25) is 0 Å². The van der Waals surface area contributed by atoms with Crippen molar-refractivity contribution in [2.75, 3.05) is 0 Å². The summed E-state index contributed by atoms with van der Waals surface area (Å²) in [5.41, 5.74) is 0.192. The fourth-order valence-electron chi connectivity index (χ4n) is 1.03. The number of rotatable bonds is 1. The van der Waals surface area contributed by atoms with Crippen molar-refractivity contribution in [1.29, 1.82) is 0 Å². The second-order valence-electron chi connectivity index (χ2n) is 4.09. The zero-order valence-corrected chi connectivity index (χ0v) is 8.31. The number of aromatic nitrogens is 2. The molecule has 0 aliphatic carbocycles. The van der Waals surface area contributed by atoms with E-state index in [0.717, 1.165) is 0 Å². The van der Waals surface area contributed by atoms with Gasteiger partial charge in [0.2, 0.25) is 0 Å². The van der Waals surface area contributed by atoms with Crippen LogP contribution in [0.25, 0.3) is 0 Å². The smallest absolute Gasteiger partial charge is 0.267 e. The first kappa shape index (κ1) is 10.2. The van der Waals surface area contributed by atoms with Crippen LogP contribution in [0, 0.1) is 6.92 Å². The van der Waals surface area contributed by atoms with Crippen molar-refractivity contribution in [3.05, 3.63) is 17.5 Å². The Morgan fingerprint density at radius 3 is 2.15 bits per heavy atom. The lowest BCUT2D eigenvalue weighted by Gasteiger charge is -2.18. The molecule has 4 heteroatoms. The summed E-state index contributed by atoms with van der Waals surface area (Å²) in [6.45, 7) is 7.38. The van der Waals surface area contributed by atoms with Crippen LogP contribution in [0.4, 0.5) is 8.78 Å². The third kappa shape index (κ3) is 2.05. The van der Waals surface area contributed by atoms with Gasteiger partial charge in [0, 0.05) is 6.20 Å². The molecule has 0 fully saturated rings. The first-order valence-corrected chi connectivity index (χ1v) is 4.17. The minimum Gasteiger partial charge on any atom is -0.267 e. The van der Waals surface area contributed by atoms with E-state index in [1.165, 1.54) is 6.20 Å². The fourth-order valence-corrected chi connectivity index (χ4v) is 1.03. The monoisotopic (exact) mass is 188 g/mol. The van der Waals surface area contributed by atoms with Gasteiger partial charge in [0.1, 0.15) is 0 Å². The molecular formula is C9H14F2N2. The van der Waals surface area contributed by atoms with Crippen molar-refractivity contribution in [3.8, 4) is 0 Å². The molecule has 0 saturated carbocycles. The van der Waals surface area contributed by atoms with Gasteiger partial charge < -0.3 is 0 Å². The van der Waals surface area contributed by atoms with Crippen LogP contribution in [-0.2, 0) is 5.54 Å². The maximum atomic E-state index is 12.4. The van der Waals surface area contributed by atoms with Crippen LogP contribution in [-0.4, -0.2) is 9.78 Å². The highest BCUT2D eigenvalue weighted by Crippen LogP contribution is 2.24. The first-order chi connectivity index (χ1) is 5.82. The standard InChI is InChI=1S/C9H14F2N2/c1-6-7(8(10)11)5-13(12-6)9(2,3)4/h5,8H,1-4H3. The van der Waals surface area contributed by atoms with Crippen LogP contribution in [0.1, 0.15) is 38.5 Å². The van der Waals surface area contributed by atoms with Gasteiger partial charge in [0.15, 0.2) is 0 Å². The largest absolute Gasteiger partial charge is 0.267 e. The molecule has 0 bridgehead atoms. The minimum absolute atomic E-state index is 0.0231. The third-order valence-electron chi connectivity index (χ3n) is 1.86. The van der Waals surface area contributed by atoms with E-state index < -0.39 is 6.43 Å². The van der Waals surface area contributed by atoms with Crippen molar-refractivity contribution in [2.45, 2.75) is 39.7 Å². The highest BCUT2D eigenvalue weighted by molar-refractivity contribution is 5.17. The summed E-state index contributed by atoms with van der Waals surface area (Å²) in [7, 11) is 0. The van der Waals surface area contributed by atoms with Gasteiger partial charge in [-0.25, -0.2) is 8.78 Å². The molecule has 1 aromatic rings. The Bertz CT molecular complexity index is 297. The summed E-state index contributed by atoms with van der Waals surface area (Å²) in [4.78, 5) is 0. The molecule has 1 aromatic heterocycles. The molecule has 74 valence electrons. The van der Waals surface area contributed by atoms with Gasteiger partial charge in [0.25, 0.3) is 6.43 Å². The number of alkyl halides is 2. The zero-order valence-electron chi connectivity index (χ0n) is 8.31. The van der Waals surface area contributed by atoms with Crippen molar-refractivity contribution in [2.24, 2.45) is 0 Å². The first-order valence-electron chi connectivity index (χ1n) is 4.17. The molecule has 1 rings (SSSR count). The average Bonchev–Trinajstić information content (AvgIpc) is 2.29. The molecule has 0 atom stereocenters. The Kier molecular flexibility index (Phi) is 2.41. The molecule has 0 radical (unpaired) electrons. The summed E-state index contributed by atoms with van der Waals surface area (Å²) < 4.78 is 26.3. The molecule has 0 aliphatic rings. The van der Waals surface area contributed by atoms with Gasteiger partial charge in [-0.1, -0.05) is 0 Å². The average molecular weight is 188 g/mol. The van der Waals surface area contributed by atoms with Gasteiger partial charge in [-0.05, 0) is 27.7 Å². The van der Waals surface area contributed by atoms with Crippen LogP contribution >= 0.6 is 0 Å². The second kappa shape index (κ2) is 3.09. The Hall–Kier alpha value is -0.930. The number of aryl methyl sites for hydroxylation is 1. The molecule has 0 amide bonds. The summed E-state index contributed by atoms with van der Waals surface area (Å²) in [6, 6.07) is 0. The van der Waals surface area contributed by atoms with E-state index in [-0.39, 0.29) is 11.1 Å². The van der Waals surface area contributed by atoms with E-state index in [9.17, 15) is 8.78 Å². The van der Waals surface area contributed by atoms with Gasteiger partial charge in [0.05, 0.1) is 16.8 Å². The minimum atomic E-state index is -2.43. The zero-order chi connectivity index (χ0) is 10.2. The number of hydrogen-bond donors (Lipinski definition) is 0.